The molecule has 6 rings (SSSR count). The van der Waals surface area contributed by atoms with Gasteiger partial charge < -0.3 is 5.32 Å². The molecule has 3 heteroatoms. The normalized spacial score (nSPS) is 13.5. The van der Waals surface area contributed by atoms with Crippen molar-refractivity contribution >= 4 is 22.3 Å². The second kappa shape index (κ2) is 9.36. The Morgan fingerprint density at radius 3 is 2.46 bits per heavy atom. The summed E-state index contributed by atoms with van der Waals surface area (Å²) >= 11 is 0. The number of rotatable bonds is 5. The van der Waals surface area contributed by atoms with Crippen LogP contribution in [0.2, 0.25) is 0 Å². The zero-order chi connectivity index (χ0) is 23.6. The van der Waals surface area contributed by atoms with E-state index in [0.717, 1.165) is 54.0 Å². The Balaban J connectivity index is 1.23. The van der Waals surface area contributed by atoms with Gasteiger partial charge in [0, 0.05) is 42.1 Å². The summed E-state index contributed by atoms with van der Waals surface area (Å²) in [5.41, 5.74) is 11.0. The maximum atomic E-state index is 4.67. The summed E-state index contributed by atoms with van der Waals surface area (Å²) in [5.74, 6) is 0. The number of pyridine rings is 1. The number of fused-ring (bicyclic) bond motifs is 2. The third-order valence-corrected chi connectivity index (χ3v) is 6.86. The van der Waals surface area contributed by atoms with Gasteiger partial charge in [-0.15, -0.1) is 0 Å². The molecule has 3 nitrogen and oxygen atoms in total. The van der Waals surface area contributed by atoms with Crippen LogP contribution in [-0.2, 0) is 19.5 Å². The van der Waals surface area contributed by atoms with E-state index in [9.17, 15) is 0 Å². The summed E-state index contributed by atoms with van der Waals surface area (Å²) in [7, 11) is 0. The molecule has 1 N–H and O–H groups in total. The van der Waals surface area contributed by atoms with Crippen molar-refractivity contribution in [3.8, 4) is 11.1 Å². The van der Waals surface area contributed by atoms with E-state index in [1.165, 1.54) is 27.8 Å². The lowest BCUT2D eigenvalue weighted by atomic mass is 9.98. The van der Waals surface area contributed by atoms with Gasteiger partial charge in [-0.05, 0) is 71.5 Å². The number of nitrogens with zero attached hydrogens (tertiary/aromatic N) is 2. The van der Waals surface area contributed by atoms with Gasteiger partial charge in [-0.25, -0.2) is 0 Å². The first kappa shape index (κ1) is 21.6. The van der Waals surface area contributed by atoms with E-state index >= 15 is 0 Å². The molecule has 1 aliphatic rings. The molecule has 0 atom stereocenters. The average Bonchev–Trinajstić information content (AvgIpc) is 2.89. The van der Waals surface area contributed by atoms with Crippen molar-refractivity contribution in [3.05, 3.63) is 126 Å². The van der Waals surface area contributed by atoms with Crippen molar-refractivity contribution in [2.45, 2.75) is 26.4 Å². The largest absolute Gasteiger partial charge is 0.355 e. The maximum Gasteiger partial charge on any atom is 0.0726 e. The summed E-state index contributed by atoms with van der Waals surface area (Å²) < 4.78 is 0. The molecule has 2 heterocycles. The highest BCUT2D eigenvalue weighted by Gasteiger charge is 2.16. The molecule has 4 aromatic carbocycles. The third kappa shape index (κ3) is 4.68. The van der Waals surface area contributed by atoms with Gasteiger partial charge in [0.25, 0.3) is 0 Å². The second-order valence-corrected chi connectivity index (χ2v) is 9.46. The minimum atomic E-state index is 0.975. The standard InChI is InChI=1S/C32H29N3/c1-23-18-32(30-14-4-5-15-31(30)33-23)34-29-13-7-12-27(20-29)26-11-6-8-24(19-26)21-35-17-16-25-9-2-3-10-28(25)22-35/h2-15,18-20H,16-17,21-22H2,1H3,(H,33,34). The SMILES string of the molecule is Cc1cc(Nc2cccc(-c3cccc(CN4CCc5ccccc5C4)c3)c2)c2ccccc2n1. The molecule has 0 spiro atoms. The van der Waals surface area contributed by atoms with E-state index in [1.807, 2.05) is 13.0 Å². The lowest BCUT2D eigenvalue weighted by Crippen LogP contribution is -2.29. The molecule has 0 radical (unpaired) electrons. The van der Waals surface area contributed by atoms with Crippen molar-refractivity contribution in [2.24, 2.45) is 0 Å². The first-order chi connectivity index (χ1) is 17.2. The quantitative estimate of drug-likeness (QED) is 0.297. The fraction of sp³-hybridized carbons (Fsp3) is 0.156. The van der Waals surface area contributed by atoms with Gasteiger partial charge in [0.2, 0.25) is 0 Å². The van der Waals surface area contributed by atoms with Crippen LogP contribution in [0.3, 0.4) is 0 Å². The highest BCUT2D eigenvalue weighted by Crippen LogP contribution is 2.30. The Hall–Kier alpha value is -3.95. The van der Waals surface area contributed by atoms with Crippen LogP contribution < -0.4 is 5.32 Å². The molecule has 1 aliphatic heterocycles. The molecule has 172 valence electrons. The van der Waals surface area contributed by atoms with E-state index < -0.39 is 0 Å². The summed E-state index contributed by atoms with van der Waals surface area (Å²) in [6.07, 6.45) is 1.13. The van der Waals surface area contributed by atoms with Crippen molar-refractivity contribution in [1.29, 1.82) is 0 Å². The maximum absolute atomic E-state index is 4.67. The number of anilines is 2. The number of hydrogen-bond acceptors (Lipinski definition) is 3. The minimum absolute atomic E-state index is 0.975. The van der Waals surface area contributed by atoms with Crippen molar-refractivity contribution < 1.29 is 0 Å². The highest BCUT2D eigenvalue weighted by atomic mass is 15.1. The Kier molecular flexibility index (Phi) is 5.77. The van der Waals surface area contributed by atoms with Crippen LogP contribution in [0.15, 0.2) is 103 Å². The number of aromatic nitrogens is 1. The van der Waals surface area contributed by atoms with Gasteiger partial charge in [-0.3, -0.25) is 9.88 Å². The van der Waals surface area contributed by atoms with Crippen molar-refractivity contribution in [3.63, 3.8) is 0 Å². The number of nitrogens with one attached hydrogen (secondary N) is 1. The molecule has 0 unspecified atom stereocenters. The van der Waals surface area contributed by atoms with Gasteiger partial charge >= 0.3 is 0 Å². The van der Waals surface area contributed by atoms with Crippen LogP contribution in [0.4, 0.5) is 11.4 Å². The topological polar surface area (TPSA) is 28.2 Å². The van der Waals surface area contributed by atoms with Gasteiger partial charge in [0.1, 0.15) is 0 Å². The Morgan fingerprint density at radius 2 is 1.54 bits per heavy atom. The fourth-order valence-electron chi connectivity index (χ4n) is 5.14. The highest BCUT2D eigenvalue weighted by molar-refractivity contribution is 5.93. The first-order valence-corrected chi connectivity index (χ1v) is 12.3. The van der Waals surface area contributed by atoms with E-state index in [0.29, 0.717) is 0 Å². The smallest absolute Gasteiger partial charge is 0.0726 e. The monoisotopic (exact) mass is 455 g/mol. The van der Waals surface area contributed by atoms with Crippen LogP contribution in [0.25, 0.3) is 22.0 Å². The van der Waals surface area contributed by atoms with E-state index in [-0.39, 0.29) is 0 Å². The molecule has 35 heavy (non-hydrogen) atoms. The molecule has 0 aliphatic carbocycles. The Morgan fingerprint density at radius 1 is 0.771 bits per heavy atom. The minimum Gasteiger partial charge on any atom is -0.355 e. The fourth-order valence-corrected chi connectivity index (χ4v) is 5.14. The number of benzene rings is 4. The first-order valence-electron chi connectivity index (χ1n) is 12.3. The zero-order valence-corrected chi connectivity index (χ0v) is 20.0. The summed E-state index contributed by atoms with van der Waals surface area (Å²) in [5, 5.41) is 4.77. The van der Waals surface area contributed by atoms with Gasteiger partial charge in [0.15, 0.2) is 0 Å². The zero-order valence-electron chi connectivity index (χ0n) is 20.0. The number of aryl methyl sites for hydroxylation is 1. The van der Waals surface area contributed by atoms with Crippen LogP contribution in [0, 0.1) is 6.92 Å². The molecule has 5 aromatic rings. The van der Waals surface area contributed by atoms with Crippen LogP contribution in [-0.4, -0.2) is 16.4 Å². The number of para-hydroxylation sites is 1. The average molecular weight is 456 g/mol. The summed E-state index contributed by atoms with van der Waals surface area (Å²) in [4.78, 5) is 7.22. The van der Waals surface area contributed by atoms with E-state index in [1.54, 1.807) is 0 Å². The van der Waals surface area contributed by atoms with Gasteiger partial charge in [-0.2, -0.15) is 0 Å². The molecule has 1 aromatic heterocycles. The second-order valence-electron chi connectivity index (χ2n) is 9.46. The summed E-state index contributed by atoms with van der Waals surface area (Å²) in [6.45, 7) is 5.15. The molecule has 0 fully saturated rings. The molecular formula is C32H29N3. The molecular weight excluding hydrogens is 426 g/mol. The van der Waals surface area contributed by atoms with Crippen LogP contribution in [0.5, 0.6) is 0 Å². The number of hydrogen-bond donors (Lipinski definition) is 1. The Labute approximate surface area is 207 Å². The predicted molar refractivity (Wildman–Crippen MR) is 146 cm³/mol. The van der Waals surface area contributed by atoms with Crippen molar-refractivity contribution in [1.82, 2.24) is 9.88 Å². The third-order valence-electron chi connectivity index (χ3n) is 6.86. The molecule has 0 bridgehead atoms. The van der Waals surface area contributed by atoms with Gasteiger partial charge in [0.05, 0.1) is 5.52 Å². The van der Waals surface area contributed by atoms with E-state index in [4.69, 9.17) is 0 Å². The molecule has 0 saturated carbocycles. The van der Waals surface area contributed by atoms with Crippen LogP contribution >= 0.6 is 0 Å². The molecule has 0 amide bonds. The molecule has 0 saturated heterocycles. The predicted octanol–water partition coefficient (Wildman–Crippen LogP) is 7.51. The summed E-state index contributed by atoms with van der Waals surface area (Å²) in [6, 6.07) is 36.9. The van der Waals surface area contributed by atoms with Crippen molar-refractivity contribution in [2.75, 3.05) is 11.9 Å². The van der Waals surface area contributed by atoms with E-state index in [2.05, 4.69) is 112 Å². The van der Waals surface area contributed by atoms with Gasteiger partial charge in [-0.1, -0.05) is 72.8 Å². The Bertz CT molecular complexity index is 1500. The van der Waals surface area contributed by atoms with Crippen LogP contribution in [0.1, 0.15) is 22.4 Å². The lowest BCUT2D eigenvalue weighted by molar-refractivity contribution is 0.245. The lowest BCUT2D eigenvalue weighted by Gasteiger charge is -2.28.